The molecule has 7 rings (SSSR count). The van der Waals surface area contributed by atoms with E-state index in [9.17, 15) is 9.59 Å². The number of benzene rings is 3. The normalized spacial score (nSPS) is 18.7. The molecule has 2 amide bonds. The van der Waals surface area contributed by atoms with Crippen molar-refractivity contribution in [1.29, 1.82) is 0 Å². The van der Waals surface area contributed by atoms with E-state index in [1.807, 2.05) is 60.7 Å². The van der Waals surface area contributed by atoms with E-state index >= 15 is 0 Å². The molecule has 8 heteroatoms. The highest BCUT2D eigenvalue weighted by molar-refractivity contribution is 6.11. The predicted molar refractivity (Wildman–Crippen MR) is 136 cm³/mol. The molecule has 1 unspecified atom stereocenters. The van der Waals surface area contributed by atoms with Crippen molar-refractivity contribution in [1.82, 2.24) is 10.3 Å². The quantitative estimate of drug-likeness (QED) is 0.426. The van der Waals surface area contributed by atoms with Gasteiger partial charge in [0, 0.05) is 35.8 Å². The highest BCUT2D eigenvalue weighted by Crippen LogP contribution is 2.54. The van der Waals surface area contributed by atoms with Gasteiger partial charge in [0.1, 0.15) is 23.5 Å². The van der Waals surface area contributed by atoms with Crippen molar-refractivity contribution >= 4 is 28.4 Å². The number of pyridine rings is 1. The summed E-state index contributed by atoms with van der Waals surface area (Å²) >= 11 is 0. The smallest absolute Gasteiger partial charge is 0.269 e. The van der Waals surface area contributed by atoms with Crippen LogP contribution < -0.4 is 24.4 Å². The number of hydrogen-bond donors (Lipinski definition) is 1. The second-order valence-electron chi connectivity index (χ2n) is 9.37. The standard InChI is InChI=1S/C29H23N3O5/c33-27(22-11-10-18-6-1-3-8-21(18)31-22)30-12-5-13-32-23-9-4-2-7-19(23)29(28(32)34)16-35-24-15-26-25(14-20(24)29)36-17-37-26/h1-4,6-11,14-15H,5,12-13,16-17H2,(H,30,33). The van der Waals surface area contributed by atoms with Gasteiger partial charge in [-0.3, -0.25) is 9.59 Å². The highest BCUT2D eigenvalue weighted by atomic mass is 16.7. The Balaban J connectivity index is 1.09. The SMILES string of the molecule is O=C(NCCCN1C(=O)C2(COc3cc4c(cc32)OCO4)c2ccccc21)c1ccc2ccccc2n1. The van der Waals surface area contributed by atoms with Crippen LogP contribution in [0, 0.1) is 0 Å². The highest BCUT2D eigenvalue weighted by Gasteiger charge is 2.57. The summed E-state index contributed by atoms with van der Waals surface area (Å²) < 4.78 is 17.1. The van der Waals surface area contributed by atoms with Crippen molar-refractivity contribution in [3.05, 3.63) is 89.6 Å². The molecule has 3 aliphatic heterocycles. The van der Waals surface area contributed by atoms with Crippen LogP contribution in [0.5, 0.6) is 17.2 Å². The molecule has 1 N–H and O–H groups in total. The fraction of sp³-hybridized carbons (Fsp3) is 0.207. The van der Waals surface area contributed by atoms with E-state index in [0.717, 1.165) is 27.7 Å². The maximum Gasteiger partial charge on any atom is 0.269 e. The summed E-state index contributed by atoms with van der Waals surface area (Å²) in [5.74, 6) is 1.63. The summed E-state index contributed by atoms with van der Waals surface area (Å²) in [7, 11) is 0. The summed E-state index contributed by atoms with van der Waals surface area (Å²) in [6.07, 6.45) is 0.588. The monoisotopic (exact) mass is 493 g/mol. The fourth-order valence-electron chi connectivity index (χ4n) is 5.51. The molecule has 0 aliphatic carbocycles. The molecule has 0 saturated carbocycles. The Morgan fingerprint density at radius 3 is 2.65 bits per heavy atom. The van der Waals surface area contributed by atoms with Crippen LogP contribution in [0.3, 0.4) is 0 Å². The zero-order valence-electron chi connectivity index (χ0n) is 19.9. The van der Waals surface area contributed by atoms with Crippen LogP contribution in [0.15, 0.2) is 72.8 Å². The third-order valence-electron chi connectivity index (χ3n) is 7.32. The Kier molecular flexibility index (Phi) is 4.82. The van der Waals surface area contributed by atoms with Crippen molar-refractivity contribution in [2.45, 2.75) is 11.8 Å². The van der Waals surface area contributed by atoms with Crippen LogP contribution in [0.4, 0.5) is 5.69 Å². The molecule has 0 radical (unpaired) electrons. The van der Waals surface area contributed by atoms with E-state index in [0.29, 0.717) is 42.5 Å². The zero-order valence-corrected chi connectivity index (χ0v) is 19.9. The van der Waals surface area contributed by atoms with Crippen LogP contribution in [-0.2, 0) is 10.2 Å². The number of aromatic nitrogens is 1. The number of carbonyl (C=O) groups excluding carboxylic acids is 2. The van der Waals surface area contributed by atoms with Crippen LogP contribution in [-0.4, -0.2) is 43.3 Å². The Morgan fingerprint density at radius 1 is 0.919 bits per heavy atom. The molecule has 1 aromatic heterocycles. The number of nitrogens with one attached hydrogen (secondary N) is 1. The molecular formula is C29H23N3O5. The first-order valence-electron chi connectivity index (χ1n) is 12.3. The van der Waals surface area contributed by atoms with Crippen LogP contribution >= 0.6 is 0 Å². The first kappa shape index (κ1) is 21.7. The van der Waals surface area contributed by atoms with Crippen LogP contribution in [0.1, 0.15) is 28.0 Å². The van der Waals surface area contributed by atoms with Gasteiger partial charge in [-0.15, -0.1) is 0 Å². The minimum absolute atomic E-state index is 0.0335. The molecular weight excluding hydrogens is 470 g/mol. The molecule has 8 nitrogen and oxygen atoms in total. The number of ether oxygens (including phenoxy) is 3. The molecule has 3 aliphatic rings. The summed E-state index contributed by atoms with van der Waals surface area (Å²) in [5, 5.41) is 3.92. The maximum atomic E-state index is 14.0. The van der Waals surface area contributed by atoms with Crippen molar-refractivity contribution in [3.63, 3.8) is 0 Å². The average molecular weight is 494 g/mol. The lowest BCUT2D eigenvalue weighted by molar-refractivity contribution is -0.122. The van der Waals surface area contributed by atoms with Gasteiger partial charge >= 0.3 is 0 Å². The van der Waals surface area contributed by atoms with E-state index in [1.54, 1.807) is 17.0 Å². The Bertz CT molecular complexity index is 1590. The van der Waals surface area contributed by atoms with Crippen molar-refractivity contribution in [2.24, 2.45) is 0 Å². The molecule has 1 spiro atoms. The lowest BCUT2D eigenvalue weighted by Gasteiger charge is -2.23. The number of nitrogens with zero attached hydrogens (tertiary/aromatic N) is 2. The lowest BCUT2D eigenvalue weighted by Crippen LogP contribution is -2.43. The maximum absolute atomic E-state index is 14.0. The molecule has 4 aromatic rings. The van der Waals surface area contributed by atoms with E-state index < -0.39 is 5.41 Å². The molecule has 0 fully saturated rings. The van der Waals surface area contributed by atoms with Gasteiger partial charge in [-0.1, -0.05) is 42.5 Å². The Labute approximate surface area is 212 Å². The third kappa shape index (κ3) is 3.25. The first-order valence-corrected chi connectivity index (χ1v) is 12.3. The first-order chi connectivity index (χ1) is 18.1. The van der Waals surface area contributed by atoms with Crippen LogP contribution in [0.2, 0.25) is 0 Å². The summed E-state index contributed by atoms with van der Waals surface area (Å²) in [6.45, 7) is 1.26. The Morgan fingerprint density at radius 2 is 1.73 bits per heavy atom. The third-order valence-corrected chi connectivity index (χ3v) is 7.32. The number of para-hydroxylation sites is 2. The number of fused-ring (bicyclic) bond motifs is 6. The number of hydrogen-bond acceptors (Lipinski definition) is 6. The van der Waals surface area contributed by atoms with Crippen molar-refractivity contribution in [2.75, 3.05) is 31.4 Å². The predicted octanol–water partition coefficient (Wildman–Crippen LogP) is 3.81. The zero-order chi connectivity index (χ0) is 25.0. The van der Waals surface area contributed by atoms with Gasteiger partial charge in [0.15, 0.2) is 11.5 Å². The van der Waals surface area contributed by atoms with Crippen molar-refractivity contribution < 1.29 is 23.8 Å². The number of anilines is 1. The largest absolute Gasteiger partial charge is 0.491 e. The molecule has 0 bridgehead atoms. The molecule has 3 aromatic carbocycles. The lowest BCUT2D eigenvalue weighted by atomic mass is 9.77. The Hall–Kier alpha value is -4.59. The number of rotatable bonds is 5. The second-order valence-corrected chi connectivity index (χ2v) is 9.37. The molecule has 1 atom stereocenters. The topological polar surface area (TPSA) is 90.0 Å². The molecule has 4 heterocycles. The van der Waals surface area contributed by atoms with E-state index in [1.165, 1.54) is 0 Å². The molecule has 184 valence electrons. The average Bonchev–Trinajstić information content (AvgIpc) is 3.61. The van der Waals surface area contributed by atoms with Gasteiger partial charge in [0.05, 0.1) is 5.52 Å². The van der Waals surface area contributed by atoms with Gasteiger partial charge in [0.25, 0.3) is 5.91 Å². The van der Waals surface area contributed by atoms with Gasteiger partial charge in [-0.05, 0) is 36.2 Å². The molecule has 0 saturated heterocycles. The summed E-state index contributed by atoms with van der Waals surface area (Å²) in [6, 6.07) is 22.8. The van der Waals surface area contributed by atoms with Crippen LogP contribution in [0.25, 0.3) is 10.9 Å². The van der Waals surface area contributed by atoms with Crippen molar-refractivity contribution in [3.8, 4) is 17.2 Å². The summed E-state index contributed by atoms with van der Waals surface area (Å²) in [5.41, 5.74) is 2.81. The minimum atomic E-state index is -0.925. The molecule has 37 heavy (non-hydrogen) atoms. The van der Waals surface area contributed by atoms with Gasteiger partial charge < -0.3 is 24.4 Å². The van der Waals surface area contributed by atoms with Gasteiger partial charge in [-0.25, -0.2) is 4.98 Å². The van der Waals surface area contributed by atoms with Gasteiger partial charge in [0.2, 0.25) is 12.7 Å². The van der Waals surface area contributed by atoms with Gasteiger partial charge in [-0.2, -0.15) is 0 Å². The summed E-state index contributed by atoms with van der Waals surface area (Å²) in [4.78, 5) is 33.0. The number of amides is 2. The second kappa shape index (κ2) is 8.23. The fourth-order valence-corrected chi connectivity index (χ4v) is 5.51. The minimum Gasteiger partial charge on any atom is -0.491 e. The van der Waals surface area contributed by atoms with E-state index in [2.05, 4.69) is 10.3 Å². The van der Waals surface area contributed by atoms with E-state index in [-0.39, 0.29) is 25.2 Å². The van der Waals surface area contributed by atoms with E-state index in [4.69, 9.17) is 14.2 Å². The number of carbonyl (C=O) groups is 2.